The van der Waals surface area contributed by atoms with Crippen molar-refractivity contribution >= 4 is 28.2 Å². The Morgan fingerprint density at radius 2 is 2.33 bits per heavy atom. The van der Waals surface area contributed by atoms with Gasteiger partial charge in [-0.2, -0.15) is 11.8 Å². The van der Waals surface area contributed by atoms with Gasteiger partial charge in [0.15, 0.2) is 5.13 Å². The van der Waals surface area contributed by atoms with Gasteiger partial charge in [0.1, 0.15) is 0 Å². The molecule has 1 N–H and O–H groups in total. The zero-order chi connectivity index (χ0) is 13.1. The standard InChI is InChI=1S/C13H23N3S2/c1-5-14-9(2)12-10(3)15-13(18-12)16(4)11-6-7-17-8-11/h9,11,14H,5-8H2,1-4H3. The van der Waals surface area contributed by atoms with Crippen LogP contribution >= 0.6 is 23.1 Å². The van der Waals surface area contributed by atoms with E-state index in [1.807, 2.05) is 11.3 Å². The van der Waals surface area contributed by atoms with Crippen LogP contribution in [0.2, 0.25) is 0 Å². The number of thioether (sulfide) groups is 1. The molecule has 1 aromatic rings. The molecule has 1 aliphatic rings. The van der Waals surface area contributed by atoms with Gasteiger partial charge < -0.3 is 10.2 Å². The van der Waals surface area contributed by atoms with Crippen LogP contribution < -0.4 is 10.2 Å². The minimum Gasteiger partial charge on any atom is -0.347 e. The molecule has 2 heterocycles. The lowest BCUT2D eigenvalue weighted by Gasteiger charge is -2.22. The first-order chi connectivity index (χ1) is 8.63. The van der Waals surface area contributed by atoms with E-state index in [0.717, 1.165) is 6.54 Å². The van der Waals surface area contributed by atoms with Crippen molar-refractivity contribution in [3.8, 4) is 0 Å². The monoisotopic (exact) mass is 285 g/mol. The van der Waals surface area contributed by atoms with Gasteiger partial charge in [-0.3, -0.25) is 0 Å². The van der Waals surface area contributed by atoms with Crippen LogP contribution in [-0.2, 0) is 0 Å². The lowest BCUT2D eigenvalue weighted by Crippen LogP contribution is -2.31. The van der Waals surface area contributed by atoms with Crippen molar-refractivity contribution in [3.63, 3.8) is 0 Å². The normalized spacial score (nSPS) is 21.2. The van der Waals surface area contributed by atoms with Crippen molar-refractivity contribution in [2.75, 3.05) is 30.0 Å². The molecule has 5 heteroatoms. The number of aryl methyl sites for hydroxylation is 1. The van der Waals surface area contributed by atoms with E-state index in [1.54, 1.807) is 0 Å². The predicted molar refractivity (Wildman–Crippen MR) is 83.1 cm³/mol. The summed E-state index contributed by atoms with van der Waals surface area (Å²) in [6.45, 7) is 7.50. The number of anilines is 1. The number of nitrogens with zero attached hydrogens (tertiary/aromatic N) is 2. The van der Waals surface area contributed by atoms with Gasteiger partial charge in [-0.1, -0.05) is 6.92 Å². The summed E-state index contributed by atoms with van der Waals surface area (Å²) >= 11 is 3.90. The molecule has 1 saturated heterocycles. The van der Waals surface area contributed by atoms with E-state index >= 15 is 0 Å². The fourth-order valence-electron chi connectivity index (χ4n) is 2.33. The maximum absolute atomic E-state index is 4.75. The summed E-state index contributed by atoms with van der Waals surface area (Å²) < 4.78 is 0. The first-order valence-corrected chi connectivity index (χ1v) is 8.61. The third kappa shape index (κ3) is 3.00. The number of hydrogen-bond donors (Lipinski definition) is 1. The molecule has 1 fully saturated rings. The van der Waals surface area contributed by atoms with Crippen LogP contribution in [0, 0.1) is 6.92 Å². The summed E-state index contributed by atoms with van der Waals surface area (Å²) in [5.41, 5.74) is 1.18. The summed E-state index contributed by atoms with van der Waals surface area (Å²) in [5.74, 6) is 2.53. The molecule has 0 spiro atoms. The van der Waals surface area contributed by atoms with E-state index in [0.29, 0.717) is 12.1 Å². The minimum absolute atomic E-state index is 0.410. The highest BCUT2D eigenvalue weighted by molar-refractivity contribution is 7.99. The average molecular weight is 285 g/mol. The molecule has 0 amide bonds. The topological polar surface area (TPSA) is 28.2 Å². The highest BCUT2D eigenvalue weighted by Gasteiger charge is 2.23. The Labute approximate surface area is 118 Å². The molecule has 2 unspecified atom stereocenters. The Balaban J connectivity index is 2.12. The molecule has 0 saturated carbocycles. The van der Waals surface area contributed by atoms with Gasteiger partial charge in [0.05, 0.1) is 5.69 Å². The number of rotatable bonds is 5. The first-order valence-electron chi connectivity index (χ1n) is 6.64. The van der Waals surface area contributed by atoms with Crippen LogP contribution in [-0.4, -0.2) is 36.1 Å². The SMILES string of the molecule is CCNC(C)c1sc(N(C)C2CCSC2)nc1C. The average Bonchev–Trinajstić information content (AvgIpc) is 2.97. The second-order valence-electron chi connectivity index (χ2n) is 4.85. The Hall–Kier alpha value is -0.260. The Bertz CT molecular complexity index is 386. The van der Waals surface area contributed by atoms with Crippen LogP contribution in [0.25, 0.3) is 0 Å². The van der Waals surface area contributed by atoms with Gasteiger partial charge in [0, 0.05) is 29.8 Å². The number of nitrogens with one attached hydrogen (secondary N) is 1. The van der Waals surface area contributed by atoms with E-state index in [9.17, 15) is 0 Å². The van der Waals surface area contributed by atoms with Gasteiger partial charge in [-0.05, 0) is 32.6 Å². The smallest absolute Gasteiger partial charge is 0.185 e. The molecule has 3 nitrogen and oxygen atoms in total. The fourth-order valence-corrected chi connectivity index (χ4v) is 4.72. The van der Waals surface area contributed by atoms with Crippen LogP contribution in [0.4, 0.5) is 5.13 Å². The number of thiazole rings is 1. The lowest BCUT2D eigenvalue weighted by molar-refractivity contribution is 0.603. The van der Waals surface area contributed by atoms with E-state index in [2.05, 4.69) is 49.8 Å². The van der Waals surface area contributed by atoms with Crippen molar-refractivity contribution in [1.29, 1.82) is 0 Å². The van der Waals surface area contributed by atoms with Gasteiger partial charge in [-0.15, -0.1) is 11.3 Å². The van der Waals surface area contributed by atoms with Crippen LogP contribution in [0.5, 0.6) is 0 Å². The van der Waals surface area contributed by atoms with Crippen LogP contribution in [0.3, 0.4) is 0 Å². The quantitative estimate of drug-likeness (QED) is 0.900. The predicted octanol–water partition coefficient (Wildman–Crippen LogP) is 3.06. The summed E-state index contributed by atoms with van der Waals surface area (Å²) in [5, 5.41) is 4.65. The summed E-state index contributed by atoms with van der Waals surface area (Å²) in [6.07, 6.45) is 1.29. The third-order valence-electron chi connectivity index (χ3n) is 3.48. The molecule has 2 atom stereocenters. The van der Waals surface area contributed by atoms with Crippen LogP contribution in [0.15, 0.2) is 0 Å². The largest absolute Gasteiger partial charge is 0.347 e. The lowest BCUT2D eigenvalue weighted by atomic mass is 10.2. The molecular weight excluding hydrogens is 262 g/mol. The van der Waals surface area contributed by atoms with Gasteiger partial charge in [-0.25, -0.2) is 4.98 Å². The van der Waals surface area contributed by atoms with Gasteiger partial charge in [0.25, 0.3) is 0 Å². The fraction of sp³-hybridized carbons (Fsp3) is 0.769. The summed E-state index contributed by atoms with van der Waals surface area (Å²) in [6, 6.07) is 1.08. The zero-order valence-electron chi connectivity index (χ0n) is 11.7. The molecule has 102 valence electrons. The zero-order valence-corrected chi connectivity index (χ0v) is 13.3. The second kappa shape index (κ2) is 6.26. The molecular formula is C13H23N3S2. The van der Waals surface area contributed by atoms with Crippen molar-refractivity contribution in [2.24, 2.45) is 0 Å². The first kappa shape index (κ1) is 14.2. The molecule has 18 heavy (non-hydrogen) atoms. The van der Waals surface area contributed by atoms with E-state index in [4.69, 9.17) is 4.98 Å². The molecule has 0 bridgehead atoms. The van der Waals surface area contributed by atoms with E-state index < -0.39 is 0 Å². The van der Waals surface area contributed by atoms with Crippen molar-refractivity contribution < 1.29 is 0 Å². The number of aromatic nitrogens is 1. The molecule has 0 aliphatic carbocycles. The molecule has 0 radical (unpaired) electrons. The van der Waals surface area contributed by atoms with Crippen molar-refractivity contribution in [2.45, 2.75) is 39.3 Å². The van der Waals surface area contributed by atoms with Crippen molar-refractivity contribution in [3.05, 3.63) is 10.6 Å². The Morgan fingerprint density at radius 3 is 2.94 bits per heavy atom. The summed E-state index contributed by atoms with van der Waals surface area (Å²) in [4.78, 5) is 8.51. The van der Waals surface area contributed by atoms with E-state index in [1.165, 1.54) is 33.6 Å². The van der Waals surface area contributed by atoms with Gasteiger partial charge in [0.2, 0.25) is 0 Å². The molecule has 2 rings (SSSR count). The number of hydrogen-bond acceptors (Lipinski definition) is 5. The Kier molecular flexibility index (Phi) is 4.92. The highest BCUT2D eigenvalue weighted by Crippen LogP contribution is 2.33. The third-order valence-corrected chi connectivity index (χ3v) is 6.06. The second-order valence-corrected chi connectivity index (χ2v) is 7.01. The molecule has 1 aromatic heterocycles. The Morgan fingerprint density at radius 1 is 1.56 bits per heavy atom. The highest BCUT2D eigenvalue weighted by atomic mass is 32.2. The van der Waals surface area contributed by atoms with Gasteiger partial charge >= 0.3 is 0 Å². The van der Waals surface area contributed by atoms with Crippen molar-refractivity contribution in [1.82, 2.24) is 10.3 Å². The minimum atomic E-state index is 0.410. The van der Waals surface area contributed by atoms with Crippen LogP contribution in [0.1, 0.15) is 36.9 Å². The maximum Gasteiger partial charge on any atom is 0.185 e. The molecule has 0 aromatic carbocycles. The maximum atomic E-state index is 4.75. The summed E-state index contributed by atoms with van der Waals surface area (Å²) in [7, 11) is 2.19. The molecule has 1 aliphatic heterocycles. The van der Waals surface area contributed by atoms with E-state index in [-0.39, 0.29) is 0 Å².